The quantitative estimate of drug-likeness (QED) is 0.286. The molecule has 180 valence electrons. The molecule has 3 heterocycles. The fraction of sp³-hybridized carbons (Fsp3) is 0.346. The number of imidazole rings is 1. The van der Waals surface area contributed by atoms with E-state index in [0.717, 1.165) is 39.4 Å². The Hall–Kier alpha value is -2.26. The van der Waals surface area contributed by atoms with Crippen LogP contribution in [0.3, 0.4) is 0 Å². The lowest BCUT2D eigenvalue weighted by Crippen LogP contribution is -2.40. The standard InChI is InChI=1S/C26H31N3O2S3/c1-18(2)13-22-15-23(25(33-22)34(30,31)28-26(3,4)5)20-8-6-7-19(14-20)16-29-11-10-27-24(29)21-9-12-32-17-21/h6-12,14-15,17-18,28H,13,16H2,1-5H3. The van der Waals surface area contributed by atoms with Gasteiger partial charge in [0.25, 0.3) is 10.0 Å². The van der Waals surface area contributed by atoms with E-state index in [9.17, 15) is 8.42 Å². The number of aromatic nitrogens is 2. The number of sulfonamides is 1. The Labute approximate surface area is 210 Å². The first kappa shape index (κ1) is 24.9. The Morgan fingerprint density at radius 3 is 2.59 bits per heavy atom. The number of thiophene rings is 2. The zero-order valence-electron chi connectivity index (χ0n) is 20.2. The molecule has 4 aromatic rings. The second kappa shape index (κ2) is 9.77. The van der Waals surface area contributed by atoms with Crippen LogP contribution < -0.4 is 4.72 Å². The summed E-state index contributed by atoms with van der Waals surface area (Å²) in [7, 11) is -3.66. The SMILES string of the molecule is CC(C)Cc1cc(-c2cccc(Cn3ccnc3-c3ccsc3)c2)c(S(=O)(=O)NC(C)(C)C)s1. The summed E-state index contributed by atoms with van der Waals surface area (Å²) in [5, 5.41) is 4.14. The molecule has 0 aliphatic heterocycles. The van der Waals surface area contributed by atoms with Crippen LogP contribution in [0.15, 0.2) is 63.8 Å². The highest BCUT2D eigenvalue weighted by Gasteiger charge is 2.28. The lowest BCUT2D eigenvalue weighted by Gasteiger charge is -2.20. The maximum Gasteiger partial charge on any atom is 0.251 e. The Morgan fingerprint density at radius 2 is 1.91 bits per heavy atom. The average molecular weight is 514 g/mol. The Balaban J connectivity index is 1.72. The molecule has 0 spiro atoms. The van der Waals surface area contributed by atoms with Gasteiger partial charge in [0, 0.05) is 45.9 Å². The minimum absolute atomic E-state index is 0.386. The van der Waals surface area contributed by atoms with Crippen molar-refractivity contribution in [2.24, 2.45) is 5.92 Å². The van der Waals surface area contributed by atoms with Crippen molar-refractivity contribution in [1.82, 2.24) is 14.3 Å². The molecule has 0 fully saturated rings. The first-order chi connectivity index (χ1) is 16.0. The summed E-state index contributed by atoms with van der Waals surface area (Å²) >= 11 is 3.03. The highest BCUT2D eigenvalue weighted by atomic mass is 32.2. The van der Waals surface area contributed by atoms with Gasteiger partial charge in [-0.1, -0.05) is 32.0 Å². The second-order valence-corrected chi connectivity index (χ2v) is 13.8. The van der Waals surface area contributed by atoms with E-state index in [0.29, 0.717) is 16.7 Å². The topological polar surface area (TPSA) is 64.0 Å². The molecule has 0 aliphatic rings. The summed E-state index contributed by atoms with van der Waals surface area (Å²) < 4.78 is 32.0. The maximum absolute atomic E-state index is 13.3. The number of nitrogens with zero attached hydrogens (tertiary/aromatic N) is 2. The lowest BCUT2D eigenvalue weighted by molar-refractivity contribution is 0.493. The van der Waals surface area contributed by atoms with Crippen LogP contribution in [0, 0.1) is 5.92 Å². The van der Waals surface area contributed by atoms with E-state index in [1.807, 2.05) is 50.7 Å². The van der Waals surface area contributed by atoms with Gasteiger partial charge in [-0.3, -0.25) is 0 Å². The van der Waals surface area contributed by atoms with Gasteiger partial charge in [0.1, 0.15) is 10.0 Å². The molecule has 0 radical (unpaired) electrons. The van der Waals surface area contributed by atoms with Crippen LogP contribution in [0.1, 0.15) is 45.1 Å². The van der Waals surface area contributed by atoms with Gasteiger partial charge in [-0.15, -0.1) is 11.3 Å². The fourth-order valence-corrected chi connectivity index (χ4v) is 7.90. The van der Waals surface area contributed by atoms with Crippen molar-refractivity contribution in [3.8, 4) is 22.5 Å². The summed E-state index contributed by atoms with van der Waals surface area (Å²) in [6.07, 6.45) is 4.65. The summed E-state index contributed by atoms with van der Waals surface area (Å²) in [4.78, 5) is 5.61. The molecular formula is C26H31N3O2S3. The molecule has 0 amide bonds. The largest absolute Gasteiger partial charge is 0.327 e. The fourth-order valence-electron chi connectivity index (χ4n) is 3.90. The average Bonchev–Trinajstić information content (AvgIpc) is 3.46. The molecule has 3 aromatic heterocycles. The van der Waals surface area contributed by atoms with Gasteiger partial charge in [0.05, 0.1) is 0 Å². The molecule has 0 bridgehead atoms. The van der Waals surface area contributed by atoms with E-state index in [1.54, 1.807) is 11.3 Å². The van der Waals surface area contributed by atoms with Gasteiger partial charge < -0.3 is 4.57 Å². The molecule has 5 nitrogen and oxygen atoms in total. The van der Waals surface area contributed by atoms with Crippen molar-refractivity contribution in [2.75, 3.05) is 0 Å². The normalized spacial score (nSPS) is 12.5. The zero-order chi connectivity index (χ0) is 24.5. The molecule has 1 N–H and O–H groups in total. The molecule has 0 saturated carbocycles. The molecule has 8 heteroatoms. The van der Waals surface area contributed by atoms with E-state index in [1.165, 1.54) is 11.3 Å². The van der Waals surface area contributed by atoms with Gasteiger partial charge in [0.2, 0.25) is 0 Å². The van der Waals surface area contributed by atoms with Crippen molar-refractivity contribution in [1.29, 1.82) is 0 Å². The molecule has 1 aromatic carbocycles. The lowest BCUT2D eigenvalue weighted by atomic mass is 10.0. The van der Waals surface area contributed by atoms with Crippen LogP contribution in [-0.2, 0) is 23.0 Å². The van der Waals surface area contributed by atoms with Crippen LogP contribution in [0.5, 0.6) is 0 Å². The van der Waals surface area contributed by atoms with E-state index in [-0.39, 0.29) is 0 Å². The summed E-state index contributed by atoms with van der Waals surface area (Å²) in [6.45, 7) is 10.6. The summed E-state index contributed by atoms with van der Waals surface area (Å²) in [5.41, 5.74) is 3.32. The van der Waals surface area contributed by atoms with Crippen molar-refractivity contribution in [3.05, 3.63) is 70.0 Å². The number of benzene rings is 1. The van der Waals surface area contributed by atoms with Crippen LogP contribution in [0.2, 0.25) is 0 Å². The first-order valence-corrected chi connectivity index (χ1v) is 14.6. The third kappa shape index (κ3) is 5.86. The van der Waals surface area contributed by atoms with E-state index in [2.05, 4.69) is 57.8 Å². The van der Waals surface area contributed by atoms with E-state index >= 15 is 0 Å². The monoisotopic (exact) mass is 513 g/mol. The van der Waals surface area contributed by atoms with Gasteiger partial charge in [-0.2, -0.15) is 11.3 Å². The van der Waals surface area contributed by atoms with Crippen molar-refractivity contribution in [3.63, 3.8) is 0 Å². The van der Waals surface area contributed by atoms with Crippen LogP contribution >= 0.6 is 22.7 Å². The molecule has 0 aliphatic carbocycles. The smallest absolute Gasteiger partial charge is 0.251 e. The minimum Gasteiger partial charge on any atom is -0.327 e. The summed E-state index contributed by atoms with van der Waals surface area (Å²) in [5.74, 6) is 1.37. The van der Waals surface area contributed by atoms with Crippen molar-refractivity contribution >= 4 is 32.7 Å². The van der Waals surface area contributed by atoms with Gasteiger partial charge in [-0.05, 0) is 67.8 Å². The van der Waals surface area contributed by atoms with Gasteiger partial charge in [-0.25, -0.2) is 18.1 Å². The van der Waals surface area contributed by atoms with Crippen molar-refractivity contribution < 1.29 is 8.42 Å². The van der Waals surface area contributed by atoms with E-state index in [4.69, 9.17) is 0 Å². The number of nitrogens with one attached hydrogen (secondary N) is 1. The van der Waals surface area contributed by atoms with Gasteiger partial charge >= 0.3 is 0 Å². The molecule has 0 atom stereocenters. The number of rotatable bonds is 8. The Bertz CT molecular complexity index is 1360. The predicted octanol–water partition coefficient (Wildman–Crippen LogP) is 6.66. The first-order valence-electron chi connectivity index (χ1n) is 11.3. The second-order valence-electron chi connectivity index (χ2n) is 9.96. The van der Waals surface area contributed by atoms with Crippen LogP contribution in [-0.4, -0.2) is 23.5 Å². The Kier molecular flexibility index (Phi) is 7.14. The molecule has 4 rings (SSSR count). The molecule has 34 heavy (non-hydrogen) atoms. The predicted molar refractivity (Wildman–Crippen MR) is 143 cm³/mol. The van der Waals surface area contributed by atoms with Gasteiger partial charge in [0.15, 0.2) is 0 Å². The summed E-state index contributed by atoms with van der Waals surface area (Å²) in [6, 6.07) is 12.3. The minimum atomic E-state index is -3.66. The number of hydrogen-bond donors (Lipinski definition) is 1. The molecular weight excluding hydrogens is 483 g/mol. The molecule has 0 saturated heterocycles. The zero-order valence-corrected chi connectivity index (χ0v) is 22.7. The molecule has 0 unspecified atom stereocenters. The Morgan fingerprint density at radius 1 is 1.12 bits per heavy atom. The third-order valence-electron chi connectivity index (χ3n) is 5.13. The van der Waals surface area contributed by atoms with Crippen LogP contribution in [0.4, 0.5) is 0 Å². The van der Waals surface area contributed by atoms with E-state index < -0.39 is 15.6 Å². The van der Waals surface area contributed by atoms with Crippen molar-refractivity contribution in [2.45, 2.75) is 57.3 Å². The third-order valence-corrected chi connectivity index (χ3v) is 9.26. The van der Waals surface area contributed by atoms with Crippen LogP contribution in [0.25, 0.3) is 22.5 Å². The highest BCUT2D eigenvalue weighted by Crippen LogP contribution is 2.37. The highest BCUT2D eigenvalue weighted by molar-refractivity contribution is 7.91. The number of hydrogen-bond acceptors (Lipinski definition) is 5. The maximum atomic E-state index is 13.3.